The van der Waals surface area contributed by atoms with Crippen LogP contribution in [0.3, 0.4) is 0 Å². The van der Waals surface area contributed by atoms with Crippen LogP contribution in [0.4, 0.5) is 24.7 Å². The molecule has 2 heterocycles. The van der Waals surface area contributed by atoms with E-state index in [0.717, 1.165) is 11.1 Å². The van der Waals surface area contributed by atoms with E-state index < -0.39 is 12.4 Å². The summed E-state index contributed by atoms with van der Waals surface area (Å²) in [6.07, 6.45) is 4.92. The van der Waals surface area contributed by atoms with Crippen molar-refractivity contribution >= 4 is 17.4 Å². The normalized spacial score (nSPS) is 10.9. The number of rotatable bonds is 8. The number of benzene rings is 1. The summed E-state index contributed by atoms with van der Waals surface area (Å²) in [5.41, 5.74) is 2.71. The van der Waals surface area contributed by atoms with Gasteiger partial charge >= 0.3 is 6.55 Å². The zero-order chi connectivity index (χ0) is 22.5. The third kappa shape index (κ3) is 5.14. The Morgan fingerprint density at radius 2 is 2.00 bits per heavy atom. The number of hydrogen-bond donors (Lipinski definition) is 2. The van der Waals surface area contributed by atoms with Crippen LogP contribution in [0.25, 0.3) is 0 Å². The molecule has 2 N–H and O–H groups in total. The molecule has 0 saturated carbocycles. The van der Waals surface area contributed by atoms with E-state index >= 15 is 0 Å². The number of ether oxygens (including phenoxy) is 1. The molecule has 0 unspecified atom stereocenters. The molecule has 3 aromatic rings. The molecule has 31 heavy (non-hydrogen) atoms. The fourth-order valence-electron chi connectivity index (χ4n) is 3.09. The molecule has 1 amide bonds. The number of pyridine rings is 1. The van der Waals surface area contributed by atoms with E-state index in [1.54, 1.807) is 6.20 Å². The van der Waals surface area contributed by atoms with Gasteiger partial charge in [0.2, 0.25) is 0 Å². The Morgan fingerprint density at radius 3 is 2.61 bits per heavy atom. The maximum Gasteiger partial charge on any atom is 0.333 e. The maximum atomic E-state index is 14.6. The third-order valence-electron chi connectivity index (χ3n) is 4.71. The highest BCUT2D eigenvalue weighted by molar-refractivity contribution is 5.94. The van der Waals surface area contributed by atoms with Gasteiger partial charge in [-0.15, -0.1) is 0 Å². The number of aromatic nitrogens is 3. The van der Waals surface area contributed by atoms with E-state index in [2.05, 4.69) is 20.7 Å². The zero-order valence-corrected chi connectivity index (χ0v) is 17.2. The molecule has 0 aliphatic carbocycles. The van der Waals surface area contributed by atoms with Crippen molar-refractivity contribution in [1.82, 2.24) is 20.1 Å². The molecule has 0 aliphatic rings. The van der Waals surface area contributed by atoms with Crippen LogP contribution in [0, 0.1) is 12.7 Å². The highest BCUT2D eigenvalue weighted by Crippen LogP contribution is 2.25. The first-order valence-corrected chi connectivity index (χ1v) is 9.45. The number of alkyl halides is 2. The Hall–Kier alpha value is -3.56. The number of nitrogens with zero attached hydrogens (tertiary/aromatic N) is 3. The van der Waals surface area contributed by atoms with Crippen LogP contribution in [-0.4, -0.2) is 34.8 Å². The number of methoxy groups -OCH3 is 1. The summed E-state index contributed by atoms with van der Waals surface area (Å²) in [5, 5.41) is 9.04. The maximum absolute atomic E-state index is 14.6. The molecule has 0 radical (unpaired) electrons. The first-order valence-electron chi connectivity index (χ1n) is 9.45. The van der Waals surface area contributed by atoms with E-state index in [0.29, 0.717) is 40.2 Å². The summed E-state index contributed by atoms with van der Waals surface area (Å²) in [5.74, 6) is -0.321. The minimum absolute atomic E-state index is 0.00861. The van der Waals surface area contributed by atoms with Crippen molar-refractivity contribution in [3.8, 4) is 5.75 Å². The van der Waals surface area contributed by atoms with Gasteiger partial charge in [-0.05, 0) is 48.6 Å². The van der Waals surface area contributed by atoms with Gasteiger partial charge in [-0.25, -0.2) is 14.1 Å². The molecule has 0 bridgehead atoms. The number of nitrogens with one attached hydrogen (secondary N) is 2. The molecular formula is C21H22F3N5O2. The monoisotopic (exact) mass is 433 g/mol. The second kappa shape index (κ2) is 9.50. The lowest BCUT2D eigenvalue weighted by molar-refractivity contribution is 0.0566. The highest BCUT2D eigenvalue weighted by Gasteiger charge is 2.15. The van der Waals surface area contributed by atoms with Crippen LogP contribution in [0.5, 0.6) is 5.75 Å². The van der Waals surface area contributed by atoms with E-state index in [1.807, 2.05) is 13.0 Å². The second-order valence-electron chi connectivity index (χ2n) is 6.85. The van der Waals surface area contributed by atoms with Crippen LogP contribution in [0.1, 0.15) is 33.6 Å². The minimum Gasteiger partial charge on any atom is -0.494 e. The van der Waals surface area contributed by atoms with Gasteiger partial charge in [0.15, 0.2) is 11.6 Å². The first-order chi connectivity index (χ1) is 14.8. The van der Waals surface area contributed by atoms with Crippen LogP contribution in [0.2, 0.25) is 0 Å². The van der Waals surface area contributed by atoms with Gasteiger partial charge < -0.3 is 15.4 Å². The average molecular weight is 433 g/mol. The van der Waals surface area contributed by atoms with Crippen molar-refractivity contribution in [2.45, 2.75) is 26.3 Å². The van der Waals surface area contributed by atoms with E-state index in [4.69, 9.17) is 4.74 Å². The highest BCUT2D eigenvalue weighted by atomic mass is 19.3. The lowest BCUT2D eigenvalue weighted by Crippen LogP contribution is -2.18. The number of aryl methyl sites for hydroxylation is 3. The molecule has 0 fully saturated rings. The van der Waals surface area contributed by atoms with Gasteiger partial charge in [0.25, 0.3) is 5.91 Å². The van der Waals surface area contributed by atoms with Crippen LogP contribution >= 0.6 is 0 Å². The number of anilines is 2. The van der Waals surface area contributed by atoms with Gasteiger partial charge in [-0.2, -0.15) is 13.9 Å². The fraction of sp³-hybridized carbons (Fsp3) is 0.286. The Labute approximate surface area is 177 Å². The lowest BCUT2D eigenvalue weighted by atomic mass is 10.0. The predicted molar refractivity (Wildman–Crippen MR) is 109 cm³/mol. The molecule has 164 valence electrons. The molecular weight excluding hydrogens is 411 g/mol. The number of halogens is 3. The van der Waals surface area contributed by atoms with E-state index in [9.17, 15) is 18.0 Å². The summed E-state index contributed by atoms with van der Waals surface area (Å²) in [6.45, 7) is -0.889. The van der Waals surface area contributed by atoms with Crippen molar-refractivity contribution in [1.29, 1.82) is 0 Å². The Kier molecular flexibility index (Phi) is 6.78. The van der Waals surface area contributed by atoms with Gasteiger partial charge in [-0.3, -0.25) is 4.79 Å². The van der Waals surface area contributed by atoms with Crippen molar-refractivity contribution < 1.29 is 22.7 Å². The number of hydrogen-bond acceptors (Lipinski definition) is 5. The molecule has 3 rings (SSSR count). The van der Waals surface area contributed by atoms with Crippen LogP contribution in [0.15, 0.2) is 36.8 Å². The summed E-state index contributed by atoms with van der Waals surface area (Å²) in [7, 11) is 2.85. The second-order valence-corrected chi connectivity index (χ2v) is 6.85. The summed E-state index contributed by atoms with van der Waals surface area (Å²) in [6, 6.07) is 4.75. The van der Waals surface area contributed by atoms with Crippen LogP contribution < -0.4 is 15.4 Å². The largest absolute Gasteiger partial charge is 0.494 e. The number of amides is 1. The first kappa shape index (κ1) is 22.1. The SMILES string of the molecule is CNC(=O)c1cc(CCc2cnc(Nc3cnn(C(F)F)c3)c(C)c2)c(F)c(OC)c1. The Bertz CT molecular complexity index is 1080. The minimum atomic E-state index is -2.71. The molecule has 7 nitrogen and oxygen atoms in total. The fourth-order valence-corrected chi connectivity index (χ4v) is 3.09. The van der Waals surface area contributed by atoms with Crippen LogP contribution in [-0.2, 0) is 12.8 Å². The van der Waals surface area contributed by atoms with Gasteiger partial charge in [0.05, 0.1) is 25.2 Å². The van der Waals surface area contributed by atoms with E-state index in [-0.39, 0.29) is 11.7 Å². The molecule has 0 atom stereocenters. The van der Waals surface area contributed by atoms with Gasteiger partial charge in [0, 0.05) is 18.8 Å². The quantitative estimate of drug-likeness (QED) is 0.561. The van der Waals surface area contributed by atoms with Crippen molar-refractivity contribution in [3.63, 3.8) is 0 Å². The predicted octanol–water partition coefficient (Wildman–Crippen LogP) is 4.02. The molecule has 10 heteroatoms. The molecule has 2 aromatic heterocycles. The van der Waals surface area contributed by atoms with Crippen molar-refractivity contribution in [2.75, 3.05) is 19.5 Å². The van der Waals surface area contributed by atoms with E-state index in [1.165, 1.54) is 38.7 Å². The number of carbonyl (C=O) groups excluding carboxylic acids is 1. The average Bonchev–Trinajstić information content (AvgIpc) is 3.23. The number of carbonyl (C=O) groups is 1. The zero-order valence-electron chi connectivity index (χ0n) is 17.2. The molecule has 0 saturated heterocycles. The summed E-state index contributed by atoms with van der Waals surface area (Å²) < 4.78 is 45.5. The van der Waals surface area contributed by atoms with Crippen molar-refractivity contribution in [2.24, 2.45) is 0 Å². The Balaban J connectivity index is 1.73. The smallest absolute Gasteiger partial charge is 0.333 e. The molecule has 0 spiro atoms. The standard InChI is InChI=1S/C21H22F3N5O2/c1-12-6-13(9-26-19(12)28-16-10-27-29(11-16)21(23)24)4-5-14-7-15(20(30)25-2)8-17(31-3)18(14)22/h6-11,21H,4-5H2,1-3H3,(H,25,30)(H,26,28). The Morgan fingerprint density at radius 1 is 1.23 bits per heavy atom. The summed E-state index contributed by atoms with van der Waals surface area (Å²) in [4.78, 5) is 16.3. The third-order valence-corrected chi connectivity index (χ3v) is 4.71. The van der Waals surface area contributed by atoms with Crippen molar-refractivity contribution in [3.05, 3.63) is 64.9 Å². The molecule has 0 aliphatic heterocycles. The van der Waals surface area contributed by atoms with Gasteiger partial charge in [-0.1, -0.05) is 6.07 Å². The van der Waals surface area contributed by atoms with Gasteiger partial charge in [0.1, 0.15) is 5.82 Å². The topological polar surface area (TPSA) is 81.1 Å². The molecule has 1 aromatic carbocycles. The lowest BCUT2D eigenvalue weighted by Gasteiger charge is -2.12. The summed E-state index contributed by atoms with van der Waals surface area (Å²) >= 11 is 0.